The Hall–Kier alpha value is 0.1000. The number of nitrogens with two attached hydrogens (primary N) is 2. The summed E-state index contributed by atoms with van der Waals surface area (Å²) in [5, 5.41) is 0. The molecule has 1 rings (SSSR count). The summed E-state index contributed by atoms with van der Waals surface area (Å²) in [6.07, 6.45) is 0.808. The van der Waals surface area contributed by atoms with Crippen molar-refractivity contribution in [1.82, 2.24) is 0 Å². The summed E-state index contributed by atoms with van der Waals surface area (Å²) in [5.41, 5.74) is 12.5. The van der Waals surface area contributed by atoms with E-state index in [0.717, 1.165) is 20.9 Å². The van der Waals surface area contributed by atoms with Crippen molar-refractivity contribution >= 4 is 31.9 Å². The highest BCUT2D eigenvalue weighted by Crippen LogP contribution is 2.24. The molecular weight excluding hydrogens is 296 g/mol. The second kappa shape index (κ2) is 5.10. The van der Waals surface area contributed by atoms with Crippen LogP contribution in [0.1, 0.15) is 18.0 Å². The van der Waals surface area contributed by atoms with Gasteiger partial charge in [0.15, 0.2) is 0 Å². The Morgan fingerprint density at radius 2 is 1.69 bits per heavy atom. The fraction of sp³-hybridized carbons (Fsp3) is 0.333. The van der Waals surface area contributed by atoms with E-state index in [1.165, 1.54) is 0 Å². The zero-order valence-electron chi connectivity index (χ0n) is 7.13. The molecule has 0 saturated carbocycles. The van der Waals surface area contributed by atoms with Crippen LogP contribution in [0.3, 0.4) is 0 Å². The van der Waals surface area contributed by atoms with Crippen molar-refractivity contribution in [2.24, 2.45) is 11.5 Å². The lowest BCUT2D eigenvalue weighted by molar-refractivity contribution is 0.661. The Kier molecular flexibility index (Phi) is 4.38. The van der Waals surface area contributed by atoms with Gasteiger partial charge in [-0.2, -0.15) is 0 Å². The lowest BCUT2D eigenvalue weighted by Crippen LogP contribution is -2.15. The van der Waals surface area contributed by atoms with E-state index < -0.39 is 0 Å². The van der Waals surface area contributed by atoms with Crippen LogP contribution >= 0.6 is 31.9 Å². The third-order valence-electron chi connectivity index (χ3n) is 1.79. The second-order valence-electron chi connectivity index (χ2n) is 2.89. The normalized spacial score (nSPS) is 12.9. The first-order valence-corrected chi connectivity index (χ1v) is 5.63. The molecule has 2 nitrogen and oxygen atoms in total. The molecule has 0 radical (unpaired) electrons. The van der Waals surface area contributed by atoms with Crippen LogP contribution in [-0.4, -0.2) is 6.54 Å². The summed E-state index contributed by atoms with van der Waals surface area (Å²) in [6, 6.07) is 6.05. The quantitative estimate of drug-likeness (QED) is 0.901. The zero-order chi connectivity index (χ0) is 9.84. The van der Waals surface area contributed by atoms with Gasteiger partial charge in [0.25, 0.3) is 0 Å². The first kappa shape index (κ1) is 11.2. The van der Waals surface area contributed by atoms with Crippen LogP contribution in [0.25, 0.3) is 0 Å². The molecule has 0 fully saturated rings. The number of rotatable bonds is 3. The Labute approximate surface area is 94.9 Å². The van der Waals surface area contributed by atoms with Crippen molar-refractivity contribution in [2.45, 2.75) is 12.5 Å². The van der Waals surface area contributed by atoms with E-state index in [1.807, 2.05) is 18.2 Å². The van der Waals surface area contributed by atoms with Gasteiger partial charge in [-0.3, -0.25) is 0 Å². The largest absolute Gasteiger partial charge is 0.330 e. The second-order valence-corrected chi connectivity index (χ2v) is 4.72. The summed E-state index contributed by atoms with van der Waals surface area (Å²) < 4.78 is 2.06. The van der Waals surface area contributed by atoms with Gasteiger partial charge >= 0.3 is 0 Å². The highest BCUT2D eigenvalue weighted by molar-refractivity contribution is 9.11. The summed E-state index contributed by atoms with van der Waals surface area (Å²) in [4.78, 5) is 0. The van der Waals surface area contributed by atoms with Gasteiger partial charge in [0, 0.05) is 15.0 Å². The van der Waals surface area contributed by atoms with E-state index in [9.17, 15) is 0 Å². The van der Waals surface area contributed by atoms with E-state index in [1.54, 1.807) is 0 Å². The fourth-order valence-corrected chi connectivity index (χ4v) is 2.46. The monoisotopic (exact) mass is 306 g/mol. The number of hydrogen-bond acceptors (Lipinski definition) is 2. The topological polar surface area (TPSA) is 52.0 Å². The van der Waals surface area contributed by atoms with Crippen LogP contribution in [0.2, 0.25) is 0 Å². The molecule has 0 unspecified atom stereocenters. The van der Waals surface area contributed by atoms with Gasteiger partial charge in [-0.25, -0.2) is 0 Å². The first-order chi connectivity index (χ1) is 6.13. The van der Waals surface area contributed by atoms with E-state index >= 15 is 0 Å². The standard InChI is InChI=1S/C9H12Br2N2/c10-7-3-6(4-8(11)5-7)9(13)1-2-12/h3-5,9H,1-2,12-13H2/t9-/m1/s1. The fourth-order valence-electron chi connectivity index (χ4n) is 1.14. The van der Waals surface area contributed by atoms with Crippen LogP contribution in [0.15, 0.2) is 27.1 Å². The average Bonchev–Trinajstić information content (AvgIpc) is 2.03. The highest BCUT2D eigenvalue weighted by atomic mass is 79.9. The third-order valence-corrected chi connectivity index (χ3v) is 2.71. The van der Waals surface area contributed by atoms with Gasteiger partial charge in [0.05, 0.1) is 0 Å². The van der Waals surface area contributed by atoms with Crippen LogP contribution < -0.4 is 11.5 Å². The lowest BCUT2D eigenvalue weighted by Gasteiger charge is -2.11. The van der Waals surface area contributed by atoms with E-state index in [4.69, 9.17) is 11.5 Å². The van der Waals surface area contributed by atoms with Crippen LogP contribution in [-0.2, 0) is 0 Å². The van der Waals surface area contributed by atoms with Gasteiger partial charge < -0.3 is 11.5 Å². The Balaban J connectivity index is 2.87. The summed E-state index contributed by atoms with van der Waals surface area (Å²) >= 11 is 6.83. The maximum Gasteiger partial charge on any atom is 0.0307 e. The maximum atomic E-state index is 5.92. The van der Waals surface area contributed by atoms with Crippen molar-refractivity contribution in [3.05, 3.63) is 32.7 Å². The molecule has 0 saturated heterocycles. The predicted molar refractivity (Wildman–Crippen MR) is 62.4 cm³/mol. The minimum absolute atomic E-state index is 0.0267. The van der Waals surface area contributed by atoms with Crippen molar-refractivity contribution in [3.63, 3.8) is 0 Å². The average molecular weight is 308 g/mol. The van der Waals surface area contributed by atoms with Gasteiger partial charge in [-0.15, -0.1) is 0 Å². The van der Waals surface area contributed by atoms with E-state index in [0.29, 0.717) is 6.54 Å². The maximum absolute atomic E-state index is 5.92. The zero-order valence-corrected chi connectivity index (χ0v) is 10.3. The SMILES string of the molecule is NCC[C@@H](N)c1cc(Br)cc(Br)c1. The van der Waals surface area contributed by atoms with Crippen molar-refractivity contribution in [3.8, 4) is 0 Å². The molecule has 0 aliphatic carbocycles. The smallest absolute Gasteiger partial charge is 0.0307 e. The summed E-state index contributed by atoms with van der Waals surface area (Å²) in [6.45, 7) is 0.616. The van der Waals surface area contributed by atoms with Crippen LogP contribution in [0.5, 0.6) is 0 Å². The summed E-state index contributed by atoms with van der Waals surface area (Å²) in [7, 11) is 0. The minimum Gasteiger partial charge on any atom is -0.330 e. The first-order valence-electron chi connectivity index (χ1n) is 4.05. The van der Waals surface area contributed by atoms with Crippen molar-refractivity contribution in [1.29, 1.82) is 0 Å². The van der Waals surface area contributed by atoms with E-state index in [2.05, 4.69) is 31.9 Å². The molecule has 4 N–H and O–H groups in total. The highest BCUT2D eigenvalue weighted by Gasteiger charge is 2.06. The van der Waals surface area contributed by atoms with E-state index in [-0.39, 0.29) is 6.04 Å². The number of hydrogen-bond donors (Lipinski definition) is 2. The van der Waals surface area contributed by atoms with Gasteiger partial charge in [-0.05, 0) is 36.7 Å². The molecule has 1 atom stereocenters. The molecule has 0 spiro atoms. The molecule has 4 heteroatoms. The molecule has 0 heterocycles. The molecule has 0 aliphatic rings. The third kappa shape index (κ3) is 3.38. The molecule has 0 amide bonds. The molecule has 0 bridgehead atoms. The Morgan fingerprint density at radius 3 is 2.15 bits per heavy atom. The predicted octanol–water partition coefficient (Wildman–Crippen LogP) is 2.56. The molecule has 0 aliphatic heterocycles. The Morgan fingerprint density at radius 1 is 1.15 bits per heavy atom. The summed E-state index contributed by atoms with van der Waals surface area (Å²) in [5.74, 6) is 0. The molecule has 72 valence electrons. The molecular formula is C9H12Br2N2. The van der Waals surface area contributed by atoms with Crippen LogP contribution in [0.4, 0.5) is 0 Å². The Bertz CT molecular complexity index is 269. The number of halogens is 2. The molecule has 1 aromatic carbocycles. The van der Waals surface area contributed by atoms with Gasteiger partial charge in [-0.1, -0.05) is 31.9 Å². The lowest BCUT2D eigenvalue weighted by atomic mass is 10.1. The number of benzene rings is 1. The molecule has 0 aromatic heterocycles. The van der Waals surface area contributed by atoms with Crippen molar-refractivity contribution in [2.75, 3.05) is 6.54 Å². The minimum atomic E-state index is 0.0267. The van der Waals surface area contributed by atoms with Crippen molar-refractivity contribution < 1.29 is 0 Å². The van der Waals surface area contributed by atoms with Gasteiger partial charge in [0.1, 0.15) is 0 Å². The van der Waals surface area contributed by atoms with Gasteiger partial charge in [0.2, 0.25) is 0 Å². The van der Waals surface area contributed by atoms with Crippen LogP contribution in [0, 0.1) is 0 Å². The molecule has 1 aromatic rings. The molecule has 13 heavy (non-hydrogen) atoms.